The lowest BCUT2D eigenvalue weighted by Gasteiger charge is -2.34. The van der Waals surface area contributed by atoms with Crippen LogP contribution in [0.4, 0.5) is 0 Å². The second-order valence-corrected chi connectivity index (χ2v) is 6.71. The molecule has 1 N–H and O–H groups in total. The number of nitrogens with zero attached hydrogens (tertiary/aromatic N) is 1. The topological polar surface area (TPSA) is 32.3 Å². The van der Waals surface area contributed by atoms with Crippen LogP contribution >= 0.6 is 11.3 Å². The number of hydrogen-bond donors (Lipinski definition) is 1. The summed E-state index contributed by atoms with van der Waals surface area (Å²) < 4.78 is 0. The van der Waals surface area contributed by atoms with Crippen LogP contribution in [0.15, 0.2) is 17.5 Å². The van der Waals surface area contributed by atoms with Crippen molar-refractivity contribution in [1.29, 1.82) is 0 Å². The highest BCUT2D eigenvalue weighted by Gasteiger charge is 2.45. The first-order chi connectivity index (χ1) is 9.27. The predicted molar refractivity (Wildman–Crippen MR) is 78.2 cm³/mol. The van der Waals surface area contributed by atoms with Gasteiger partial charge in [-0.25, -0.2) is 0 Å². The third-order valence-corrected chi connectivity index (χ3v) is 5.73. The molecule has 2 aliphatic heterocycles. The van der Waals surface area contributed by atoms with Crippen molar-refractivity contribution in [2.24, 2.45) is 5.41 Å². The van der Waals surface area contributed by atoms with Crippen molar-refractivity contribution in [3.05, 3.63) is 22.4 Å². The van der Waals surface area contributed by atoms with Crippen molar-refractivity contribution < 1.29 is 4.79 Å². The molecule has 0 aromatic carbocycles. The smallest absolute Gasteiger partial charge is 0.230 e. The van der Waals surface area contributed by atoms with E-state index in [4.69, 9.17) is 0 Å². The van der Waals surface area contributed by atoms with Gasteiger partial charge < -0.3 is 10.2 Å². The Morgan fingerprint density at radius 1 is 1.63 bits per heavy atom. The number of likely N-dealkylation sites (tertiary alicyclic amines) is 1. The Hall–Kier alpha value is -0.870. The zero-order chi connectivity index (χ0) is 13.3. The summed E-state index contributed by atoms with van der Waals surface area (Å²) in [5, 5.41) is 5.49. The summed E-state index contributed by atoms with van der Waals surface area (Å²) in [5.74, 6) is 0.385. The van der Waals surface area contributed by atoms with Crippen LogP contribution in [0.5, 0.6) is 0 Å². The molecule has 1 aromatic heterocycles. The zero-order valence-electron chi connectivity index (χ0n) is 11.5. The first-order valence-corrected chi connectivity index (χ1v) is 8.20. The van der Waals surface area contributed by atoms with Crippen LogP contribution in [0.1, 0.15) is 43.5 Å². The molecule has 3 heterocycles. The normalized spacial score (nSPS) is 31.0. The summed E-state index contributed by atoms with van der Waals surface area (Å²) in [7, 11) is 0. The zero-order valence-corrected chi connectivity index (χ0v) is 12.3. The highest BCUT2D eigenvalue weighted by atomic mass is 32.1. The molecule has 3 rings (SSSR count). The van der Waals surface area contributed by atoms with Crippen molar-refractivity contribution in [2.45, 2.75) is 38.6 Å². The molecule has 104 valence electrons. The lowest BCUT2D eigenvalue weighted by Crippen LogP contribution is -2.44. The van der Waals surface area contributed by atoms with E-state index in [-0.39, 0.29) is 5.41 Å². The fourth-order valence-corrected chi connectivity index (χ4v) is 4.34. The summed E-state index contributed by atoms with van der Waals surface area (Å²) in [6.07, 6.45) is 4.21. The van der Waals surface area contributed by atoms with Gasteiger partial charge in [0.1, 0.15) is 0 Å². The van der Waals surface area contributed by atoms with Gasteiger partial charge in [0.2, 0.25) is 5.91 Å². The van der Waals surface area contributed by atoms with Gasteiger partial charge in [-0.05, 0) is 43.7 Å². The first-order valence-electron chi connectivity index (χ1n) is 7.32. The van der Waals surface area contributed by atoms with Crippen LogP contribution in [0.3, 0.4) is 0 Å². The third kappa shape index (κ3) is 2.21. The molecule has 19 heavy (non-hydrogen) atoms. The first kappa shape index (κ1) is 13.1. The molecule has 1 amide bonds. The Kier molecular flexibility index (Phi) is 3.63. The minimum absolute atomic E-state index is 0.139. The minimum Gasteiger partial charge on any atom is -0.334 e. The van der Waals surface area contributed by atoms with Crippen molar-refractivity contribution in [3.63, 3.8) is 0 Å². The van der Waals surface area contributed by atoms with E-state index in [0.29, 0.717) is 11.9 Å². The lowest BCUT2D eigenvalue weighted by molar-refractivity contribution is -0.142. The average Bonchev–Trinajstić information content (AvgIpc) is 3.17. The van der Waals surface area contributed by atoms with E-state index >= 15 is 0 Å². The molecule has 2 saturated heterocycles. The van der Waals surface area contributed by atoms with E-state index in [1.165, 1.54) is 4.88 Å². The molecular weight excluding hydrogens is 256 g/mol. The van der Waals surface area contributed by atoms with Gasteiger partial charge in [0.25, 0.3) is 0 Å². The van der Waals surface area contributed by atoms with Gasteiger partial charge >= 0.3 is 0 Å². The summed E-state index contributed by atoms with van der Waals surface area (Å²) in [6.45, 7) is 4.93. The van der Waals surface area contributed by atoms with E-state index in [0.717, 1.165) is 45.3 Å². The summed E-state index contributed by atoms with van der Waals surface area (Å²) >= 11 is 1.78. The van der Waals surface area contributed by atoms with Gasteiger partial charge in [-0.15, -0.1) is 11.3 Å². The van der Waals surface area contributed by atoms with E-state index in [9.17, 15) is 4.79 Å². The maximum absolute atomic E-state index is 13.0. The van der Waals surface area contributed by atoms with E-state index in [1.54, 1.807) is 11.3 Å². The Balaban J connectivity index is 1.82. The molecule has 0 radical (unpaired) electrons. The molecule has 0 spiro atoms. The summed E-state index contributed by atoms with van der Waals surface area (Å²) in [4.78, 5) is 16.5. The second-order valence-electron chi connectivity index (χ2n) is 5.73. The average molecular weight is 278 g/mol. The molecule has 2 fully saturated rings. The lowest BCUT2D eigenvalue weighted by atomic mass is 9.82. The van der Waals surface area contributed by atoms with Crippen LogP contribution in [-0.4, -0.2) is 30.4 Å². The standard InChI is InChI=1S/C15H22N2OS/c1-2-15(7-8-16-11-15)14(18)17-9-3-5-12(17)13-6-4-10-19-13/h4,6,10,12,16H,2-3,5,7-9,11H2,1H3. The molecule has 2 atom stereocenters. The number of nitrogens with one attached hydrogen (secondary N) is 1. The van der Waals surface area contributed by atoms with Crippen molar-refractivity contribution in [2.75, 3.05) is 19.6 Å². The Labute approximate surface area is 119 Å². The Morgan fingerprint density at radius 2 is 2.53 bits per heavy atom. The Morgan fingerprint density at radius 3 is 3.16 bits per heavy atom. The highest BCUT2D eigenvalue weighted by Crippen LogP contribution is 2.40. The molecule has 2 aliphatic rings. The van der Waals surface area contributed by atoms with Crippen LogP contribution < -0.4 is 5.32 Å². The summed E-state index contributed by atoms with van der Waals surface area (Å²) in [6, 6.07) is 4.59. The van der Waals surface area contributed by atoms with Crippen LogP contribution in [-0.2, 0) is 4.79 Å². The summed E-state index contributed by atoms with van der Waals surface area (Å²) in [5.41, 5.74) is -0.139. The van der Waals surface area contributed by atoms with Crippen molar-refractivity contribution in [1.82, 2.24) is 10.2 Å². The Bertz CT molecular complexity index is 437. The van der Waals surface area contributed by atoms with Crippen molar-refractivity contribution >= 4 is 17.2 Å². The van der Waals surface area contributed by atoms with Crippen molar-refractivity contribution in [3.8, 4) is 0 Å². The van der Waals surface area contributed by atoms with Gasteiger partial charge in [-0.2, -0.15) is 0 Å². The molecular formula is C15H22N2OS. The maximum atomic E-state index is 13.0. The minimum atomic E-state index is -0.139. The van der Waals surface area contributed by atoms with Crippen LogP contribution in [0, 0.1) is 5.41 Å². The van der Waals surface area contributed by atoms with Gasteiger partial charge in [-0.3, -0.25) is 4.79 Å². The molecule has 2 unspecified atom stereocenters. The number of carbonyl (C=O) groups excluding carboxylic acids is 1. The fourth-order valence-electron chi connectivity index (χ4n) is 3.47. The van der Waals surface area contributed by atoms with Gasteiger partial charge in [0.05, 0.1) is 11.5 Å². The SMILES string of the molecule is CCC1(C(=O)N2CCCC2c2cccs2)CCNC1. The third-order valence-electron chi connectivity index (χ3n) is 4.76. The van der Waals surface area contributed by atoms with E-state index < -0.39 is 0 Å². The fraction of sp³-hybridized carbons (Fsp3) is 0.667. The van der Waals surface area contributed by atoms with Gasteiger partial charge in [-0.1, -0.05) is 13.0 Å². The second kappa shape index (κ2) is 5.25. The molecule has 3 nitrogen and oxygen atoms in total. The van der Waals surface area contributed by atoms with E-state index in [1.807, 2.05) is 0 Å². The number of thiophene rings is 1. The molecule has 1 aromatic rings. The molecule has 0 bridgehead atoms. The molecule has 4 heteroatoms. The van der Waals surface area contributed by atoms with E-state index in [2.05, 4.69) is 34.7 Å². The number of carbonyl (C=O) groups is 1. The monoisotopic (exact) mass is 278 g/mol. The van der Waals surface area contributed by atoms with Gasteiger partial charge in [0, 0.05) is 18.0 Å². The van der Waals surface area contributed by atoms with Crippen LogP contribution in [0.25, 0.3) is 0 Å². The number of hydrogen-bond acceptors (Lipinski definition) is 3. The van der Waals surface area contributed by atoms with Gasteiger partial charge in [0.15, 0.2) is 0 Å². The quantitative estimate of drug-likeness (QED) is 0.922. The predicted octanol–water partition coefficient (Wildman–Crippen LogP) is 2.80. The highest BCUT2D eigenvalue weighted by molar-refractivity contribution is 7.10. The number of amides is 1. The maximum Gasteiger partial charge on any atom is 0.230 e. The molecule has 0 saturated carbocycles. The molecule has 0 aliphatic carbocycles. The largest absolute Gasteiger partial charge is 0.334 e. The number of rotatable bonds is 3. The van der Waals surface area contributed by atoms with Crippen LogP contribution in [0.2, 0.25) is 0 Å².